The minimum Gasteiger partial charge on any atom is -0.378 e. The van der Waals surface area contributed by atoms with Crippen LogP contribution in [0.5, 0.6) is 0 Å². The van der Waals surface area contributed by atoms with Crippen molar-refractivity contribution in [2.24, 2.45) is 11.8 Å². The molecular formula is C26H43ClF2N3O2S+. The molecule has 3 atom stereocenters. The second-order valence-electron chi connectivity index (χ2n) is 8.52. The predicted molar refractivity (Wildman–Crippen MR) is 144 cm³/mol. The molecule has 1 heterocycles. The van der Waals surface area contributed by atoms with Crippen molar-refractivity contribution in [2.45, 2.75) is 72.3 Å². The Kier molecular flexibility index (Phi) is 18.7. The second kappa shape index (κ2) is 19.6. The number of carbonyl (C=O) groups excluding carboxylic acids is 1. The summed E-state index contributed by atoms with van der Waals surface area (Å²) in [5, 5.41) is 5.27. The van der Waals surface area contributed by atoms with Crippen molar-refractivity contribution in [3.8, 4) is 11.3 Å². The molecule has 0 aliphatic rings. The smallest absolute Gasteiger partial charge is 0.286 e. The molecule has 0 aliphatic heterocycles. The third-order valence-electron chi connectivity index (χ3n) is 5.53. The zero-order chi connectivity index (χ0) is 26.8. The van der Waals surface area contributed by atoms with E-state index in [1.54, 1.807) is 7.11 Å². The van der Waals surface area contributed by atoms with Crippen LogP contribution in [0.4, 0.5) is 13.9 Å². The predicted octanol–water partition coefficient (Wildman–Crippen LogP) is 6.66. The number of amides is 1. The molecule has 2 aromatic rings. The Balaban J connectivity index is 0.000000672. The maximum absolute atomic E-state index is 12.4. The van der Waals surface area contributed by atoms with Crippen LogP contribution >= 0.6 is 22.9 Å². The van der Waals surface area contributed by atoms with Crippen LogP contribution in [0.1, 0.15) is 58.4 Å². The average Bonchev–Trinajstić information content (AvgIpc) is 3.31. The fourth-order valence-electron chi connectivity index (χ4n) is 3.22. The molecular weight excluding hydrogens is 492 g/mol. The standard InChI is InChI=1S/C14H17N3O2S.C11H22F2.CH3Cl/c1-9-4-3-5-10(6-9)12-8-20-14(16-12)17-13(18)11(15)7-19-2;1-4-6-10(11(12)13)8-7-9(3)5-2;1-2/h3-6,8,11H,7,15H2,1-2H3,(H,16,17,18);9-11H,4-8H2,1-3H3;1H3/p+1. The van der Waals surface area contributed by atoms with E-state index < -0.39 is 12.5 Å². The number of thiazole rings is 1. The SMILES string of the molecule is CCCC(CCC(C)CC)C(F)F.CCl.COCC([NH3+])C(=O)Nc1nc(-c2cccc(C)c2)cs1. The number of nitrogens with zero attached hydrogens (tertiary/aromatic N) is 1. The molecule has 0 saturated carbocycles. The Morgan fingerprint density at radius 3 is 2.46 bits per heavy atom. The number of rotatable bonds is 12. The molecule has 5 nitrogen and oxygen atoms in total. The van der Waals surface area contributed by atoms with E-state index in [9.17, 15) is 13.6 Å². The molecule has 0 radical (unpaired) electrons. The number of hydrogen-bond donors (Lipinski definition) is 2. The quantitative estimate of drug-likeness (QED) is 0.299. The molecule has 0 bridgehead atoms. The van der Waals surface area contributed by atoms with Crippen LogP contribution in [0.25, 0.3) is 11.3 Å². The largest absolute Gasteiger partial charge is 0.378 e. The molecule has 0 aliphatic carbocycles. The Morgan fingerprint density at radius 2 is 1.91 bits per heavy atom. The van der Waals surface area contributed by atoms with Crippen LogP contribution in [0.15, 0.2) is 29.6 Å². The summed E-state index contributed by atoms with van der Waals surface area (Å²) in [5.41, 5.74) is 6.83. The summed E-state index contributed by atoms with van der Waals surface area (Å²) in [7, 11) is 1.55. The third-order valence-corrected chi connectivity index (χ3v) is 6.29. The highest BCUT2D eigenvalue weighted by Crippen LogP contribution is 2.26. The molecule has 2 rings (SSSR count). The van der Waals surface area contributed by atoms with Crippen molar-refractivity contribution < 1.29 is 24.0 Å². The summed E-state index contributed by atoms with van der Waals surface area (Å²) in [6, 6.07) is 7.66. The van der Waals surface area contributed by atoms with E-state index in [4.69, 9.17) is 4.74 Å². The summed E-state index contributed by atoms with van der Waals surface area (Å²) < 4.78 is 29.8. The van der Waals surface area contributed by atoms with Gasteiger partial charge in [0.05, 0.1) is 5.69 Å². The topological polar surface area (TPSA) is 78.9 Å². The van der Waals surface area contributed by atoms with Gasteiger partial charge >= 0.3 is 0 Å². The number of hydrogen-bond acceptors (Lipinski definition) is 4. The molecule has 3 unspecified atom stereocenters. The van der Waals surface area contributed by atoms with Crippen LogP contribution in [0.2, 0.25) is 0 Å². The van der Waals surface area contributed by atoms with E-state index in [0.29, 0.717) is 30.5 Å². The molecule has 35 heavy (non-hydrogen) atoms. The summed E-state index contributed by atoms with van der Waals surface area (Å²) in [4.78, 5) is 16.2. The lowest BCUT2D eigenvalue weighted by Crippen LogP contribution is -2.68. The molecule has 4 N–H and O–H groups in total. The Hall–Kier alpha value is -1.61. The van der Waals surface area contributed by atoms with Gasteiger partial charge in [-0.3, -0.25) is 10.1 Å². The summed E-state index contributed by atoms with van der Waals surface area (Å²) in [5.74, 6) is 0.0501. The van der Waals surface area contributed by atoms with Gasteiger partial charge in [0.25, 0.3) is 5.91 Å². The summed E-state index contributed by atoms with van der Waals surface area (Å²) >= 11 is 6.04. The Labute approximate surface area is 218 Å². The lowest BCUT2D eigenvalue weighted by Gasteiger charge is -2.16. The van der Waals surface area contributed by atoms with Crippen molar-refractivity contribution in [1.82, 2.24) is 4.98 Å². The van der Waals surface area contributed by atoms with Crippen molar-refractivity contribution in [2.75, 3.05) is 25.4 Å². The number of carbonyl (C=O) groups is 1. The van der Waals surface area contributed by atoms with Crippen LogP contribution in [0, 0.1) is 18.8 Å². The van der Waals surface area contributed by atoms with Crippen molar-refractivity contribution in [3.05, 3.63) is 35.2 Å². The zero-order valence-electron chi connectivity index (χ0n) is 22.0. The number of alkyl halides is 3. The molecule has 1 aromatic carbocycles. The third kappa shape index (κ3) is 13.9. The lowest BCUT2D eigenvalue weighted by molar-refractivity contribution is -0.408. The van der Waals surface area contributed by atoms with E-state index >= 15 is 0 Å². The van der Waals surface area contributed by atoms with Gasteiger partial charge in [0.2, 0.25) is 6.43 Å². The molecule has 0 saturated heterocycles. The molecule has 1 amide bonds. The van der Waals surface area contributed by atoms with Gasteiger partial charge < -0.3 is 10.5 Å². The second-order valence-corrected chi connectivity index (χ2v) is 9.38. The normalized spacial score (nSPS) is 13.1. The highest BCUT2D eigenvalue weighted by molar-refractivity contribution is 7.14. The average molecular weight is 535 g/mol. The first-order valence-corrected chi connectivity index (χ1v) is 13.7. The van der Waals surface area contributed by atoms with E-state index in [2.05, 4.69) is 47.5 Å². The number of quaternary nitrogens is 1. The molecule has 0 spiro atoms. The number of aromatic nitrogens is 1. The number of aryl methyl sites for hydroxylation is 1. The van der Waals surface area contributed by atoms with Crippen molar-refractivity contribution in [1.29, 1.82) is 0 Å². The lowest BCUT2D eigenvalue weighted by atomic mass is 9.93. The number of ether oxygens (including phenoxy) is 1. The first-order valence-electron chi connectivity index (χ1n) is 12.0. The van der Waals surface area contributed by atoms with Gasteiger partial charge in [-0.25, -0.2) is 13.8 Å². The summed E-state index contributed by atoms with van der Waals surface area (Å²) in [6.07, 6.45) is 3.64. The number of halogens is 3. The molecule has 1 aromatic heterocycles. The number of nitrogens with one attached hydrogen (secondary N) is 1. The minimum atomic E-state index is -2.12. The number of methoxy groups -OCH3 is 1. The van der Waals surface area contributed by atoms with Gasteiger partial charge in [-0.15, -0.1) is 22.9 Å². The van der Waals surface area contributed by atoms with Crippen LogP contribution < -0.4 is 11.1 Å². The molecule has 200 valence electrons. The first kappa shape index (κ1) is 33.4. The van der Waals surface area contributed by atoms with Crippen molar-refractivity contribution in [3.63, 3.8) is 0 Å². The zero-order valence-corrected chi connectivity index (χ0v) is 23.5. The van der Waals surface area contributed by atoms with Crippen LogP contribution in [-0.4, -0.2) is 43.5 Å². The van der Waals surface area contributed by atoms with Crippen LogP contribution in [-0.2, 0) is 9.53 Å². The maximum Gasteiger partial charge on any atom is 0.286 e. The van der Waals surface area contributed by atoms with Gasteiger partial charge in [0.1, 0.15) is 6.61 Å². The highest BCUT2D eigenvalue weighted by Gasteiger charge is 2.20. The minimum absolute atomic E-state index is 0.183. The maximum atomic E-state index is 12.4. The molecule has 0 fully saturated rings. The summed E-state index contributed by atoms with van der Waals surface area (Å²) in [6.45, 7) is 8.55. The van der Waals surface area contributed by atoms with Crippen molar-refractivity contribution >= 4 is 34.0 Å². The van der Waals surface area contributed by atoms with E-state index in [-0.39, 0.29) is 11.8 Å². The van der Waals surface area contributed by atoms with Gasteiger partial charge in [0.15, 0.2) is 11.2 Å². The first-order chi connectivity index (χ1) is 16.7. The van der Waals surface area contributed by atoms with Gasteiger partial charge in [-0.1, -0.05) is 63.8 Å². The van der Waals surface area contributed by atoms with E-state index in [1.165, 1.54) is 23.3 Å². The molecule has 9 heteroatoms. The van der Waals surface area contributed by atoms with Gasteiger partial charge in [0, 0.05) is 30.4 Å². The van der Waals surface area contributed by atoms with Gasteiger partial charge in [-0.2, -0.15) is 0 Å². The van der Waals surface area contributed by atoms with Crippen LogP contribution in [0.3, 0.4) is 0 Å². The van der Waals surface area contributed by atoms with E-state index in [1.807, 2.05) is 37.4 Å². The Morgan fingerprint density at radius 1 is 1.23 bits per heavy atom. The number of anilines is 1. The fourth-order valence-corrected chi connectivity index (χ4v) is 3.94. The fraction of sp³-hybridized carbons (Fsp3) is 0.615. The number of benzene rings is 1. The van der Waals surface area contributed by atoms with E-state index in [0.717, 1.165) is 30.5 Å². The van der Waals surface area contributed by atoms with Gasteiger partial charge in [-0.05, 0) is 31.7 Å². The Bertz CT molecular complexity index is 823. The monoisotopic (exact) mass is 534 g/mol. The highest BCUT2D eigenvalue weighted by atomic mass is 35.5.